The highest BCUT2D eigenvalue weighted by Gasteiger charge is 2.11. The number of amides is 1. The van der Waals surface area contributed by atoms with E-state index in [0.717, 1.165) is 5.56 Å². The fourth-order valence-electron chi connectivity index (χ4n) is 1.96. The van der Waals surface area contributed by atoms with Crippen molar-refractivity contribution in [3.63, 3.8) is 0 Å². The maximum Gasteiger partial charge on any atom is 0.254 e. The van der Waals surface area contributed by atoms with Gasteiger partial charge >= 0.3 is 0 Å². The Balaban J connectivity index is 2.01. The van der Waals surface area contributed by atoms with Gasteiger partial charge in [-0.15, -0.1) is 0 Å². The molecule has 0 saturated carbocycles. The maximum absolute atomic E-state index is 11.8. The number of aryl methyl sites for hydroxylation is 3. The highest BCUT2D eigenvalue weighted by molar-refractivity contribution is 5.90. The van der Waals surface area contributed by atoms with Gasteiger partial charge in [-0.1, -0.05) is 0 Å². The van der Waals surface area contributed by atoms with Gasteiger partial charge in [0.2, 0.25) is 5.91 Å². The van der Waals surface area contributed by atoms with Gasteiger partial charge in [0.15, 0.2) is 0 Å². The quantitative estimate of drug-likeness (QED) is 0.774. The number of hydrogen-bond acceptors (Lipinski definition) is 4. The number of rotatable bonds is 4. The van der Waals surface area contributed by atoms with Crippen molar-refractivity contribution in [1.82, 2.24) is 20.2 Å². The third-order valence-electron chi connectivity index (χ3n) is 3.04. The molecule has 0 aliphatic rings. The average molecular weight is 275 g/mol. The molecule has 0 spiro atoms. The van der Waals surface area contributed by atoms with Crippen LogP contribution in [-0.2, 0) is 11.2 Å². The normalized spacial score (nSPS) is 10.6. The van der Waals surface area contributed by atoms with E-state index in [1.165, 1.54) is 0 Å². The van der Waals surface area contributed by atoms with Crippen molar-refractivity contribution in [2.45, 2.75) is 33.6 Å². The van der Waals surface area contributed by atoms with Crippen LogP contribution < -0.4 is 10.9 Å². The van der Waals surface area contributed by atoms with Crippen LogP contribution in [0.5, 0.6) is 0 Å². The first kappa shape index (κ1) is 14.0. The summed E-state index contributed by atoms with van der Waals surface area (Å²) >= 11 is 0. The summed E-state index contributed by atoms with van der Waals surface area (Å²) in [6.07, 6.45) is 2.20. The van der Waals surface area contributed by atoms with E-state index in [2.05, 4.69) is 25.5 Å². The molecule has 0 saturated heterocycles. The van der Waals surface area contributed by atoms with Gasteiger partial charge in [0.25, 0.3) is 5.56 Å². The van der Waals surface area contributed by atoms with E-state index in [0.29, 0.717) is 29.3 Å². The summed E-state index contributed by atoms with van der Waals surface area (Å²) in [5.41, 5.74) is 1.90. The minimum atomic E-state index is -0.180. The molecule has 0 bridgehead atoms. The van der Waals surface area contributed by atoms with Crippen LogP contribution in [0, 0.1) is 20.8 Å². The summed E-state index contributed by atoms with van der Waals surface area (Å²) < 4.78 is 0. The highest BCUT2D eigenvalue weighted by Crippen LogP contribution is 2.09. The lowest BCUT2D eigenvalue weighted by Gasteiger charge is -2.06. The molecule has 1 amide bonds. The molecule has 106 valence electrons. The molecule has 0 fully saturated rings. The summed E-state index contributed by atoms with van der Waals surface area (Å²) in [5.74, 6) is 0.994. The first-order valence-electron chi connectivity index (χ1n) is 6.33. The third kappa shape index (κ3) is 3.11. The Hall–Kier alpha value is -2.44. The Morgan fingerprint density at radius 1 is 1.35 bits per heavy atom. The van der Waals surface area contributed by atoms with Crippen LogP contribution in [0.3, 0.4) is 0 Å². The minimum absolute atomic E-state index is 0.170. The molecule has 2 aromatic rings. The lowest BCUT2D eigenvalue weighted by Crippen LogP contribution is -2.20. The van der Waals surface area contributed by atoms with Crippen molar-refractivity contribution < 1.29 is 4.79 Å². The van der Waals surface area contributed by atoms with Crippen molar-refractivity contribution >= 4 is 11.7 Å². The second kappa shape index (κ2) is 5.68. The molecule has 2 rings (SSSR count). The molecular weight excluding hydrogens is 258 g/mol. The van der Waals surface area contributed by atoms with Gasteiger partial charge in [-0.2, -0.15) is 5.10 Å². The van der Waals surface area contributed by atoms with Gasteiger partial charge in [-0.3, -0.25) is 14.7 Å². The average Bonchev–Trinajstić information content (AvgIpc) is 2.73. The minimum Gasteiger partial charge on any atom is -0.311 e. The van der Waals surface area contributed by atoms with Gasteiger partial charge in [0.1, 0.15) is 11.6 Å². The van der Waals surface area contributed by atoms with Crippen LogP contribution in [0.2, 0.25) is 0 Å². The molecule has 20 heavy (non-hydrogen) atoms. The number of hydrogen-bond donors (Lipinski definition) is 3. The van der Waals surface area contributed by atoms with Gasteiger partial charge in [0.05, 0.1) is 6.20 Å². The van der Waals surface area contributed by atoms with Gasteiger partial charge in [0, 0.05) is 23.2 Å². The largest absolute Gasteiger partial charge is 0.311 e. The topological polar surface area (TPSA) is 104 Å². The number of carbonyl (C=O) groups is 1. The van der Waals surface area contributed by atoms with Crippen molar-refractivity contribution in [3.8, 4) is 0 Å². The summed E-state index contributed by atoms with van der Waals surface area (Å²) in [5, 5.41) is 9.25. The summed E-state index contributed by atoms with van der Waals surface area (Å²) in [4.78, 5) is 30.5. The van der Waals surface area contributed by atoms with Crippen molar-refractivity contribution in [2.75, 3.05) is 5.32 Å². The fraction of sp³-hybridized carbons (Fsp3) is 0.385. The molecule has 7 heteroatoms. The van der Waals surface area contributed by atoms with Crippen LogP contribution in [0.1, 0.15) is 29.1 Å². The number of carbonyl (C=O) groups excluding carboxylic acids is 1. The summed E-state index contributed by atoms with van der Waals surface area (Å²) in [6.45, 7) is 5.35. The van der Waals surface area contributed by atoms with E-state index < -0.39 is 0 Å². The number of aromatic amines is 2. The van der Waals surface area contributed by atoms with Crippen molar-refractivity contribution in [3.05, 3.63) is 39.2 Å². The predicted molar refractivity (Wildman–Crippen MR) is 74.6 cm³/mol. The van der Waals surface area contributed by atoms with Crippen LogP contribution in [0.4, 0.5) is 5.82 Å². The van der Waals surface area contributed by atoms with Crippen LogP contribution in [-0.4, -0.2) is 26.1 Å². The molecule has 7 nitrogen and oxygen atoms in total. The first-order valence-corrected chi connectivity index (χ1v) is 6.33. The molecule has 0 aliphatic heterocycles. The second-order valence-electron chi connectivity index (χ2n) is 4.69. The fourth-order valence-corrected chi connectivity index (χ4v) is 1.96. The van der Waals surface area contributed by atoms with Crippen LogP contribution >= 0.6 is 0 Å². The Labute approximate surface area is 115 Å². The van der Waals surface area contributed by atoms with E-state index in [1.54, 1.807) is 20.0 Å². The molecule has 0 unspecified atom stereocenters. The SMILES string of the molecule is Cc1nc(C)c(CCC(=O)Nc2[nH]ncc2C)c(=O)[nH]1. The molecule has 2 heterocycles. The Morgan fingerprint density at radius 2 is 2.10 bits per heavy atom. The Kier molecular flexibility index (Phi) is 3.97. The lowest BCUT2D eigenvalue weighted by molar-refractivity contribution is -0.116. The van der Waals surface area contributed by atoms with E-state index in [4.69, 9.17) is 0 Å². The van der Waals surface area contributed by atoms with E-state index in [9.17, 15) is 9.59 Å². The third-order valence-corrected chi connectivity index (χ3v) is 3.04. The van der Waals surface area contributed by atoms with E-state index in [-0.39, 0.29) is 17.9 Å². The molecule has 3 N–H and O–H groups in total. The zero-order valence-corrected chi connectivity index (χ0v) is 11.7. The monoisotopic (exact) mass is 275 g/mol. The zero-order valence-electron chi connectivity index (χ0n) is 11.7. The Morgan fingerprint density at radius 3 is 2.70 bits per heavy atom. The predicted octanol–water partition coefficient (Wildman–Crippen LogP) is 0.990. The number of nitrogens with one attached hydrogen (secondary N) is 3. The van der Waals surface area contributed by atoms with Crippen molar-refractivity contribution in [1.29, 1.82) is 0 Å². The first-order chi connectivity index (χ1) is 9.47. The number of anilines is 1. The van der Waals surface area contributed by atoms with Gasteiger partial charge < -0.3 is 10.3 Å². The van der Waals surface area contributed by atoms with Crippen molar-refractivity contribution in [2.24, 2.45) is 0 Å². The standard InChI is InChI=1S/C13H17N5O2/c1-7-6-14-18-12(7)17-11(19)5-4-10-8(2)15-9(3)16-13(10)20/h6H,4-5H2,1-3H3,(H,15,16,20)(H2,14,17,18,19). The molecular formula is C13H17N5O2. The maximum atomic E-state index is 11.8. The number of H-pyrrole nitrogens is 2. The molecule has 0 aromatic carbocycles. The molecule has 0 aliphatic carbocycles. The highest BCUT2D eigenvalue weighted by atomic mass is 16.1. The second-order valence-corrected chi connectivity index (χ2v) is 4.69. The molecule has 2 aromatic heterocycles. The number of aromatic nitrogens is 4. The van der Waals surface area contributed by atoms with Gasteiger partial charge in [-0.25, -0.2) is 4.98 Å². The van der Waals surface area contributed by atoms with E-state index >= 15 is 0 Å². The van der Waals surface area contributed by atoms with Gasteiger partial charge in [-0.05, 0) is 27.2 Å². The summed E-state index contributed by atoms with van der Waals surface area (Å²) in [7, 11) is 0. The Bertz CT molecular complexity index is 686. The van der Waals surface area contributed by atoms with Crippen LogP contribution in [0.25, 0.3) is 0 Å². The van der Waals surface area contributed by atoms with E-state index in [1.807, 2.05) is 6.92 Å². The lowest BCUT2D eigenvalue weighted by atomic mass is 10.1. The zero-order chi connectivity index (χ0) is 14.7. The van der Waals surface area contributed by atoms with Crippen LogP contribution in [0.15, 0.2) is 11.0 Å². The summed E-state index contributed by atoms with van der Waals surface area (Å²) in [6, 6.07) is 0. The smallest absolute Gasteiger partial charge is 0.254 e. The molecule has 0 radical (unpaired) electrons. The molecule has 0 atom stereocenters. The number of nitrogens with zero attached hydrogens (tertiary/aromatic N) is 2.